The molecular formula is C43H52Cl4N2O7. The Morgan fingerprint density at radius 3 is 1.34 bits per heavy atom. The van der Waals surface area contributed by atoms with Gasteiger partial charge in [-0.1, -0.05) is 98.4 Å². The number of carbonyl (C=O) groups is 2. The number of aromatic hydroxyl groups is 2. The van der Waals surface area contributed by atoms with E-state index in [0.29, 0.717) is 44.4 Å². The summed E-state index contributed by atoms with van der Waals surface area (Å²) in [4.78, 5) is 27.0. The Balaban J connectivity index is 0.000000300. The lowest BCUT2D eigenvalue weighted by Gasteiger charge is -2.21. The minimum absolute atomic E-state index is 0.0730. The van der Waals surface area contributed by atoms with Crippen LogP contribution in [0.2, 0.25) is 20.1 Å². The number of aliphatic hydroxyl groups excluding tert-OH is 1. The predicted molar refractivity (Wildman–Crippen MR) is 227 cm³/mol. The number of hydrogen-bond donors (Lipinski definition) is 3. The summed E-state index contributed by atoms with van der Waals surface area (Å²) >= 11 is 25.7. The van der Waals surface area contributed by atoms with E-state index in [-0.39, 0.29) is 67.6 Å². The average molecular weight is 851 g/mol. The van der Waals surface area contributed by atoms with Crippen molar-refractivity contribution in [2.24, 2.45) is 0 Å². The second kappa shape index (κ2) is 21.6. The zero-order valence-corrected chi connectivity index (χ0v) is 36.2. The number of nitrogens with zero attached hydrogens (tertiary/aromatic N) is 2. The molecule has 9 nitrogen and oxygen atoms in total. The van der Waals surface area contributed by atoms with Gasteiger partial charge in [-0.25, -0.2) is 0 Å². The summed E-state index contributed by atoms with van der Waals surface area (Å²) in [6.45, 7) is 11.9. The van der Waals surface area contributed by atoms with Gasteiger partial charge in [-0.15, -0.1) is 0 Å². The highest BCUT2D eigenvalue weighted by Crippen LogP contribution is 2.35. The predicted octanol–water partition coefficient (Wildman–Crippen LogP) is 9.90. The van der Waals surface area contributed by atoms with Gasteiger partial charge in [-0.2, -0.15) is 0 Å². The van der Waals surface area contributed by atoms with Crippen LogP contribution >= 0.6 is 46.4 Å². The van der Waals surface area contributed by atoms with E-state index >= 15 is 0 Å². The van der Waals surface area contributed by atoms with Crippen molar-refractivity contribution < 1.29 is 34.4 Å². The van der Waals surface area contributed by atoms with Crippen LogP contribution in [0.4, 0.5) is 0 Å². The normalized spacial score (nSPS) is 11.1. The van der Waals surface area contributed by atoms with Crippen LogP contribution in [0.3, 0.4) is 0 Å². The number of rotatable bonds is 15. The Bertz CT molecular complexity index is 1920. The second-order valence-electron chi connectivity index (χ2n) is 14.4. The minimum Gasteiger partial charge on any atom is -0.508 e. The SMILES string of the molecule is CC(C)c1cc(Cc2c(Cl)cc(OCC(=O)N(C)C(C)C)cc2Cl)ccc1O.CC(C)c1cc(Cc2c(Cl)cc(OCC(=O)N(C)CCO)cc2Cl)ccc1O. The highest BCUT2D eigenvalue weighted by Gasteiger charge is 2.17. The van der Waals surface area contributed by atoms with E-state index < -0.39 is 0 Å². The smallest absolute Gasteiger partial charge is 0.260 e. The van der Waals surface area contributed by atoms with E-state index in [1.54, 1.807) is 55.4 Å². The standard InChI is InChI=1S/C22H27Cl2NO3.C21H25Cl2NO4/c1-13(2)17-8-15(6-7-21(17)26)9-18-19(23)10-16(11-20(18)24)28-12-22(27)25(5)14(3)4;1-13(2)16-8-14(4-5-20(16)26)9-17-18(22)10-15(11-19(17)23)28-12-21(27)24(3)6-7-25/h6-8,10-11,13-14,26H,9,12H2,1-5H3;4-5,8,10-11,13,25-26H,6-7,9,12H2,1-3H3. The maximum atomic E-state index is 12.1. The van der Waals surface area contributed by atoms with Crippen molar-refractivity contribution >= 4 is 58.2 Å². The molecule has 4 aromatic rings. The van der Waals surface area contributed by atoms with E-state index in [0.717, 1.165) is 33.4 Å². The minimum atomic E-state index is -0.254. The molecule has 0 radical (unpaired) electrons. The molecule has 0 aliphatic carbocycles. The van der Waals surface area contributed by atoms with Crippen molar-refractivity contribution in [3.05, 3.63) is 114 Å². The molecule has 304 valence electrons. The lowest BCUT2D eigenvalue weighted by Crippen LogP contribution is -2.36. The molecule has 0 saturated carbocycles. The highest BCUT2D eigenvalue weighted by molar-refractivity contribution is 6.36. The largest absolute Gasteiger partial charge is 0.508 e. The third kappa shape index (κ3) is 13.4. The van der Waals surface area contributed by atoms with Gasteiger partial charge in [0.2, 0.25) is 0 Å². The summed E-state index contributed by atoms with van der Waals surface area (Å²) in [6.07, 6.45) is 1.04. The second-order valence-corrected chi connectivity index (χ2v) is 16.0. The van der Waals surface area contributed by atoms with Gasteiger partial charge in [0.25, 0.3) is 11.8 Å². The number of halogens is 4. The Morgan fingerprint density at radius 1 is 0.625 bits per heavy atom. The van der Waals surface area contributed by atoms with Crippen molar-refractivity contribution in [3.63, 3.8) is 0 Å². The van der Waals surface area contributed by atoms with Crippen LogP contribution in [0, 0.1) is 0 Å². The Morgan fingerprint density at radius 2 is 1.00 bits per heavy atom. The van der Waals surface area contributed by atoms with E-state index in [1.807, 2.05) is 65.8 Å². The first-order valence-corrected chi connectivity index (χ1v) is 19.8. The molecule has 0 fully saturated rings. The molecule has 0 atom stereocenters. The molecule has 0 aliphatic rings. The third-order valence-corrected chi connectivity index (χ3v) is 10.5. The number of carbonyl (C=O) groups excluding carboxylic acids is 2. The van der Waals surface area contributed by atoms with Crippen molar-refractivity contribution in [1.82, 2.24) is 9.80 Å². The van der Waals surface area contributed by atoms with Crippen molar-refractivity contribution in [2.75, 3.05) is 40.5 Å². The summed E-state index contributed by atoms with van der Waals surface area (Å²) in [5.41, 5.74) is 5.28. The zero-order valence-electron chi connectivity index (χ0n) is 33.1. The lowest BCUT2D eigenvalue weighted by molar-refractivity contribution is -0.133. The molecular weight excluding hydrogens is 798 g/mol. The monoisotopic (exact) mass is 848 g/mol. The van der Waals surface area contributed by atoms with E-state index in [2.05, 4.69) is 0 Å². The number of hydrogen-bond acceptors (Lipinski definition) is 7. The number of likely N-dealkylation sites (N-methyl/N-ethyl adjacent to an activating group) is 2. The van der Waals surface area contributed by atoms with Gasteiger partial charge in [0.15, 0.2) is 13.2 Å². The third-order valence-electron chi connectivity index (χ3n) is 9.17. The first-order valence-electron chi connectivity index (χ1n) is 18.3. The molecule has 13 heteroatoms. The summed E-state index contributed by atoms with van der Waals surface area (Å²) in [6, 6.07) is 17.7. The van der Waals surface area contributed by atoms with Crippen LogP contribution < -0.4 is 9.47 Å². The fourth-order valence-electron chi connectivity index (χ4n) is 5.49. The van der Waals surface area contributed by atoms with E-state index in [1.165, 1.54) is 4.90 Å². The maximum Gasteiger partial charge on any atom is 0.260 e. The van der Waals surface area contributed by atoms with Gasteiger partial charge in [-0.3, -0.25) is 9.59 Å². The number of phenolic OH excluding ortho intramolecular Hbond substituents is 2. The molecule has 3 N–H and O–H groups in total. The maximum absolute atomic E-state index is 12.1. The van der Waals surface area contributed by atoms with Crippen LogP contribution in [0.5, 0.6) is 23.0 Å². The lowest BCUT2D eigenvalue weighted by atomic mass is 9.96. The molecule has 0 aliphatic heterocycles. The highest BCUT2D eigenvalue weighted by atomic mass is 35.5. The molecule has 0 heterocycles. The number of aliphatic hydroxyl groups is 1. The molecule has 4 rings (SSSR count). The van der Waals surface area contributed by atoms with Gasteiger partial charge < -0.3 is 34.6 Å². The van der Waals surface area contributed by atoms with Gasteiger partial charge in [0, 0.05) is 59.6 Å². The molecule has 0 saturated heterocycles. The van der Waals surface area contributed by atoms with Gasteiger partial charge in [0.05, 0.1) is 6.61 Å². The summed E-state index contributed by atoms with van der Waals surface area (Å²) in [7, 11) is 3.33. The number of phenols is 2. The molecule has 0 unspecified atom stereocenters. The summed E-state index contributed by atoms with van der Waals surface area (Å²) in [5, 5.41) is 30.7. The van der Waals surface area contributed by atoms with Crippen LogP contribution in [0.1, 0.15) is 86.8 Å². The quantitative estimate of drug-likeness (QED) is 0.109. The van der Waals surface area contributed by atoms with Gasteiger partial charge in [-0.05, 0) is 95.5 Å². The van der Waals surface area contributed by atoms with Crippen molar-refractivity contribution in [2.45, 2.75) is 72.3 Å². The molecule has 56 heavy (non-hydrogen) atoms. The first kappa shape index (κ1) is 46.5. The zero-order chi connectivity index (χ0) is 41.9. The van der Waals surface area contributed by atoms with Crippen LogP contribution in [-0.4, -0.2) is 83.4 Å². The number of ether oxygens (including phenoxy) is 2. The van der Waals surface area contributed by atoms with E-state index in [4.69, 9.17) is 61.0 Å². The topological polar surface area (TPSA) is 120 Å². The Labute approximate surface area is 350 Å². The van der Waals surface area contributed by atoms with Gasteiger partial charge in [0.1, 0.15) is 23.0 Å². The van der Waals surface area contributed by atoms with Gasteiger partial charge >= 0.3 is 0 Å². The summed E-state index contributed by atoms with van der Waals surface area (Å²) < 4.78 is 11.1. The molecule has 2 amide bonds. The van der Waals surface area contributed by atoms with Crippen LogP contribution in [0.15, 0.2) is 60.7 Å². The molecule has 0 bridgehead atoms. The molecule has 0 spiro atoms. The average Bonchev–Trinajstić information content (AvgIpc) is 3.13. The molecule has 0 aromatic heterocycles. The van der Waals surface area contributed by atoms with Crippen molar-refractivity contribution in [1.29, 1.82) is 0 Å². The fourth-order valence-corrected chi connectivity index (χ4v) is 6.69. The van der Waals surface area contributed by atoms with Crippen LogP contribution in [0.25, 0.3) is 0 Å². The molecule has 4 aromatic carbocycles. The number of benzene rings is 4. The van der Waals surface area contributed by atoms with Crippen LogP contribution in [-0.2, 0) is 22.4 Å². The Kier molecular flexibility index (Phi) is 17.9. The first-order chi connectivity index (χ1) is 26.3. The summed E-state index contributed by atoms with van der Waals surface area (Å²) in [5.74, 6) is 1.46. The van der Waals surface area contributed by atoms with E-state index in [9.17, 15) is 19.8 Å². The number of amides is 2. The fraction of sp³-hybridized carbons (Fsp3) is 0.395. The van der Waals surface area contributed by atoms with Crippen molar-refractivity contribution in [3.8, 4) is 23.0 Å². The Hall–Kier alpha value is -3.86.